The highest BCUT2D eigenvalue weighted by Crippen LogP contribution is 2.37. The number of nitrogens with zero attached hydrogens (tertiary/aromatic N) is 3. The maximum absolute atomic E-state index is 6.54. The van der Waals surface area contributed by atoms with Gasteiger partial charge in [0.15, 0.2) is 5.75 Å². The van der Waals surface area contributed by atoms with Gasteiger partial charge >= 0.3 is 0 Å². The van der Waals surface area contributed by atoms with Gasteiger partial charge in [0.2, 0.25) is 0 Å². The molecule has 0 fully saturated rings. The fourth-order valence-corrected chi connectivity index (χ4v) is 2.79. The lowest BCUT2D eigenvalue weighted by atomic mass is 9.82. The van der Waals surface area contributed by atoms with Gasteiger partial charge < -0.3 is 15.4 Å². The highest BCUT2D eigenvalue weighted by atomic mass is 16.5. The van der Waals surface area contributed by atoms with Crippen LogP contribution in [0.1, 0.15) is 38.4 Å². The van der Waals surface area contributed by atoms with Gasteiger partial charge in [0.05, 0.1) is 25.0 Å². The van der Waals surface area contributed by atoms with E-state index in [1.807, 2.05) is 11.7 Å². The van der Waals surface area contributed by atoms with Crippen molar-refractivity contribution in [1.29, 1.82) is 0 Å². The molecule has 1 atom stereocenters. The largest absolute Gasteiger partial charge is 0.493 e. The Hall–Kier alpha value is -1.07. The fourth-order valence-electron chi connectivity index (χ4n) is 2.79. The Balaban J connectivity index is 3.25. The number of hydrogen-bond donors (Lipinski definition) is 1. The number of aryl methyl sites for hydroxylation is 1. The normalized spacial score (nSPS) is 14.0. The molecule has 1 rings (SSSR count). The topological polar surface area (TPSA) is 56.3 Å². The summed E-state index contributed by atoms with van der Waals surface area (Å²) in [6, 6.07) is -0.134. The van der Waals surface area contributed by atoms with Gasteiger partial charge in [0.1, 0.15) is 0 Å². The van der Waals surface area contributed by atoms with Crippen LogP contribution >= 0.6 is 0 Å². The molecule has 18 heavy (non-hydrogen) atoms. The van der Waals surface area contributed by atoms with Crippen molar-refractivity contribution in [3.05, 3.63) is 11.9 Å². The van der Waals surface area contributed by atoms with Gasteiger partial charge in [-0.1, -0.05) is 13.8 Å². The minimum Gasteiger partial charge on any atom is -0.493 e. The third-order valence-electron chi connectivity index (χ3n) is 4.16. The van der Waals surface area contributed by atoms with E-state index >= 15 is 0 Å². The van der Waals surface area contributed by atoms with Crippen molar-refractivity contribution in [2.45, 2.75) is 38.3 Å². The lowest BCUT2D eigenvalue weighted by Gasteiger charge is -2.43. The SMILES string of the molecule is CCC(CC)(C(N)c1c(OC)cnn1C)N(C)C. The van der Waals surface area contributed by atoms with E-state index in [2.05, 4.69) is 37.9 Å². The molecule has 0 bridgehead atoms. The van der Waals surface area contributed by atoms with E-state index in [1.54, 1.807) is 13.3 Å². The smallest absolute Gasteiger partial charge is 0.161 e. The molecule has 0 spiro atoms. The van der Waals surface area contributed by atoms with Crippen LogP contribution in [0.15, 0.2) is 6.20 Å². The average molecular weight is 254 g/mol. The second-order valence-electron chi connectivity index (χ2n) is 4.90. The predicted octanol–water partition coefficient (Wildman–Crippen LogP) is 1.55. The number of likely N-dealkylation sites (N-methyl/N-ethyl adjacent to an activating group) is 1. The summed E-state index contributed by atoms with van der Waals surface area (Å²) in [7, 11) is 7.72. The second-order valence-corrected chi connectivity index (χ2v) is 4.90. The Morgan fingerprint density at radius 1 is 1.44 bits per heavy atom. The Kier molecular flexibility index (Phi) is 4.76. The third kappa shape index (κ3) is 2.24. The highest BCUT2D eigenvalue weighted by Gasteiger charge is 2.39. The first-order valence-electron chi connectivity index (χ1n) is 6.43. The highest BCUT2D eigenvalue weighted by molar-refractivity contribution is 5.30. The summed E-state index contributed by atoms with van der Waals surface area (Å²) in [6.45, 7) is 4.35. The predicted molar refractivity (Wildman–Crippen MR) is 73.7 cm³/mol. The van der Waals surface area contributed by atoms with E-state index in [0.29, 0.717) is 0 Å². The molecule has 0 aliphatic rings. The lowest BCUT2D eigenvalue weighted by molar-refractivity contribution is 0.101. The van der Waals surface area contributed by atoms with Crippen molar-refractivity contribution in [2.75, 3.05) is 21.2 Å². The van der Waals surface area contributed by atoms with E-state index in [4.69, 9.17) is 10.5 Å². The molecule has 0 aliphatic carbocycles. The summed E-state index contributed by atoms with van der Waals surface area (Å²) in [5.74, 6) is 0.762. The molecular weight excluding hydrogens is 228 g/mol. The van der Waals surface area contributed by atoms with E-state index in [9.17, 15) is 0 Å². The van der Waals surface area contributed by atoms with Crippen LogP contribution in [0.3, 0.4) is 0 Å². The number of ether oxygens (including phenoxy) is 1. The minimum absolute atomic E-state index is 0.0823. The van der Waals surface area contributed by atoms with Crippen molar-refractivity contribution in [1.82, 2.24) is 14.7 Å². The number of aromatic nitrogens is 2. The second kappa shape index (κ2) is 5.71. The molecule has 0 saturated carbocycles. The van der Waals surface area contributed by atoms with Crippen LogP contribution < -0.4 is 10.5 Å². The van der Waals surface area contributed by atoms with Crippen molar-refractivity contribution in [3.8, 4) is 5.75 Å². The Morgan fingerprint density at radius 3 is 2.39 bits per heavy atom. The fraction of sp³-hybridized carbons (Fsp3) is 0.769. The molecule has 0 aromatic carbocycles. The number of hydrogen-bond acceptors (Lipinski definition) is 4. The number of nitrogens with two attached hydrogens (primary N) is 1. The molecule has 5 nitrogen and oxygen atoms in total. The van der Waals surface area contributed by atoms with Crippen LogP contribution in [0.2, 0.25) is 0 Å². The average Bonchev–Trinajstić information content (AvgIpc) is 2.71. The maximum Gasteiger partial charge on any atom is 0.161 e. The third-order valence-corrected chi connectivity index (χ3v) is 4.16. The van der Waals surface area contributed by atoms with Gasteiger partial charge in [0.25, 0.3) is 0 Å². The first-order valence-corrected chi connectivity index (χ1v) is 6.43. The van der Waals surface area contributed by atoms with Crippen LogP contribution in [0, 0.1) is 0 Å². The van der Waals surface area contributed by atoms with Gasteiger partial charge in [-0.05, 0) is 26.9 Å². The summed E-state index contributed by atoms with van der Waals surface area (Å²) in [6.07, 6.45) is 3.68. The van der Waals surface area contributed by atoms with Crippen molar-refractivity contribution in [2.24, 2.45) is 12.8 Å². The maximum atomic E-state index is 6.54. The molecule has 5 heteroatoms. The molecule has 104 valence electrons. The molecule has 0 aliphatic heterocycles. The van der Waals surface area contributed by atoms with Gasteiger partial charge in [-0.15, -0.1) is 0 Å². The van der Waals surface area contributed by atoms with Gasteiger partial charge in [-0.2, -0.15) is 5.10 Å². The van der Waals surface area contributed by atoms with Crippen LogP contribution in [0.25, 0.3) is 0 Å². The van der Waals surface area contributed by atoms with E-state index < -0.39 is 0 Å². The summed E-state index contributed by atoms with van der Waals surface area (Å²) < 4.78 is 7.18. The Bertz CT molecular complexity index is 382. The van der Waals surface area contributed by atoms with Crippen molar-refractivity contribution < 1.29 is 4.74 Å². The molecule has 1 aromatic rings. The molecule has 1 heterocycles. The molecule has 1 aromatic heterocycles. The standard InChI is InChI=1S/C13H26N4O/c1-7-13(8-2,16(3)4)12(14)11-10(18-6)9-15-17(11)5/h9,12H,7-8,14H2,1-6H3. The van der Waals surface area contributed by atoms with E-state index in [-0.39, 0.29) is 11.6 Å². The first-order chi connectivity index (χ1) is 8.44. The Morgan fingerprint density at radius 2 is 2.00 bits per heavy atom. The van der Waals surface area contributed by atoms with E-state index in [1.165, 1.54) is 0 Å². The minimum atomic E-state index is -0.134. The van der Waals surface area contributed by atoms with Crippen molar-refractivity contribution >= 4 is 0 Å². The molecular formula is C13H26N4O. The van der Waals surface area contributed by atoms with Crippen molar-refractivity contribution in [3.63, 3.8) is 0 Å². The number of methoxy groups -OCH3 is 1. The first kappa shape index (κ1) is 15.0. The van der Waals surface area contributed by atoms with Gasteiger partial charge in [-0.25, -0.2) is 0 Å². The van der Waals surface area contributed by atoms with Crippen LogP contribution in [0.4, 0.5) is 0 Å². The van der Waals surface area contributed by atoms with Gasteiger partial charge in [0, 0.05) is 12.6 Å². The zero-order valence-corrected chi connectivity index (χ0v) is 12.4. The Labute approximate surface area is 110 Å². The molecule has 2 N–H and O–H groups in total. The number of rotatable bonds is 6. The summed E-state index contributed by atoms with van der Waals surface area (Å²) in [5.41, 5.74) is 7.41. The van der Waals surface area contributed by atoms with E-state index in [0.717, 1.165) is 24.3 Å². The monoisotopic (exact) mass is 254 g/mol. The zero-order chi connectivity index (χ0) is 13.9. The van der Waals surface area contributed by atoms with Crippen LogP contribution in [-0.2, 0) is 7.05 Å². The summed E-state index contributed by atoms with van der Waals surface area (Å²) in [4.78, 5) is 2.21. The zero-order valence-electron chi connectivity index (χ0n) is 12.4. The summed E-state index contributed by atoms with van der Waals surface area (Å²) >= 11 is 0. The molecule has 1 unspecified atom stereocenters. The van der Waals surface area contributed by atoms with Crippen LogP contribution in [-0.4, -0.2) is 41.4 Å². The lowest BCUT2D eigenvalue weighted by Crippen LogP contribution is -2.52. The quantitative estimate of drug-likeness (QED) is 0.837. The molecule has 0 amide bonds. The van der Waals surface area contributed by atoms with Gasteiger partial charge in [-0.3, -0.25) is 4.68 Å². The molecule has 0 saturated heterocycles. The summed E-state index contributed by atoms with van der Waals surface area (Å²) in [5, 5.41) is 4.24. The van der Waals surface area contributed by atoms with Crippen LogP contribution in [0.5, 0.6) is 5.75 Å². The molecule has 0 radical (unpaired) electrons.